The van der Waals surface area contributed by atoms with Gasteiger partial charge in [0.2, 0.25) is 0 Å². The van der Waals surface area contributed by atoms with E-state index in [0.29, 0.717) is 5.92 Å². The van der Waals surface area contributed by atoms with Crippen LogP contribution in [0.2, 0.25) is 0 Å². The number of rotatable bonds is 5. The zero-order valence-electron chi connectivity index (χ0n) is 9.03. The molecule has 0 fully saturated rings. The topological polar surface area (TPSA) is 36.4 Å². The molecule has 1 aromatic rings. The van der Waals surface area contributed by atoms with Crippen LogP contribution in [0.3, 0.4) is 0 Å². The molecule has 1 unspecified atom stereocenters. The average Bonchev–Trinajstić information content (AvgIpc) is 2.65. The molecule has 0 spiro atoms. The summed E-state index contributed by atoms with van der Waals surface area (Å²) < 4.78 is 0. The molecular formula is C10H18N2OS. The standard InChI is InChI=1S/C10H18N2OS/c1-4-8(2)6-12(3)10-11-5-9(7-13)14-10/h5,8,13H,4,6-7H2,1-3H3. The molecule has 80 valence electrons. The normalized spacial score (nSPS) is 12.9. The number of anilines is 1. The van der Waals surface area contributed by atoms with Gasteiger partial charge in [-0.15, -0.1) is 0 Å². The second-order valence-corrected chi connectivity index (χ2v) is 4.75. The van der Waals surface area contributed by atoms with Gasteiger partial charge in [0.15, 0.2) is 5.13 Å². The van der Waals surface area contributed by atoms with Crippen LogP contribution >= 0.6 is 11.3 Å². The van der Waals surface area contributed by atoms with Gasteiger partial charge >= 0.3 is 0 Å². The second-order valence-electron chi connectivity index (χ2n) is 3.66. The summed E-state index contributed by atoms with van der Waals surface area (Å²) in [4.78, 5) is 7.34. The molecule has 1 heterocycles. The molecule has 3 nitrogen and oxygen atoms in total. The van der Waals surface area contributed by atoms with Crippen LogP contribution in [0.25, 0.3) is 0 Å². The first-order valence-electron chi connectivity index (χ1n) is 4.94. The molecule has 0 radical (unpaired) electrons. The van der Waals surface area contributed by atoms with Gasteiger partial charge in [-0.3, -0.25) is 0 Å². The van der Waals surface area contributed by atoms with E-state index in [4.69, 9.17) is 5.11 Å². The van der Waals surface area contributed by atoms with E-state index in [2.05, 4.69) is 23.7 Å². The molecule has 1 aromatic heterocycles. The van der Waals surface area contributed by atoms with Crippen molar-refractivity contribution in [3.63, 3.8) is 0 Å². The van der Waals surface area contributed by atoms with Crippen LogP contribution in [0, 0.1) is 5.92 Å². The maximum atomic E-state index is 8.91. The zero-order valence-corrected chi connectivity index (χ0v) is 9.84. The van der Waals surface area contributed by atoms with Crippen LogP contribution < -0.4 is 4.90 Å². The summed E-state index contributed by atoms with van der Waals surface area (Å²) in [6, 6.07) is 0. The van der Waals surface area contributed by atoms with Crippen LogP contribution in [0.15, 0.2) is 6.20 Å². The number of aliphatic hydroxyl groups is 1. The van der Waals surface area contributed by atoms with Gasteiger partial charge in [-0.1, -0.05) is 31.6 Å². The first kappa shape index (κ1) is 11.5. The highest BCUT2D eigenvalue weighted by Gasteiger charge is 2.09. The zero-order chi connectivity index (χ0) is 10.6. The average molecular weight is 214 g/mol. The molecule has 0 aliphatic carbocycles. The number of aliphatic hydroxyl groups excluding tert-OH is 1. The third-order valence-electron chi connectivity index (χ3n) is 2.31. The van der Waals surface area contributed by atoms with Gasteiger partial charge in [-0.25, -0.2) is 4.98 Å². The summed E-state index contributed by atoms with van der Waals surface area (Å²) in [6.45, 7) is 5.54. The molecule has 0 aliphatic heterocycles. The maximum Gasteiger partial charge on any atom is 0.185 e. The quantitative estimate of drug-likeness (QED) is 0.815. The van der Waals surface area contributed by atoms with Gasteiger partial charge in [-0.05, 0) is 5.92 Å². The molecule has 0 amide bonds. The Balaban J connectivity index is 2.55. The molecule has 1 N–H and O–H groups in total. The van der Waals surface area contributed by atoms with Crippen molar-refractivity contribution in [2.24, 2.45) is 5.92 Å². The van der Waals surface area contributed by atoms with Gasteiger partial charge < -0.3 is 10.0 Å². The lowest BCUT2D eigenvalue weighted by Crippen LogP contribution is -2.23. The highest BCUT2D eigenvalue weighted by Crippen LogP contribution is 2.22. The first-order valence-corrected chi connectivity index (χ1v) is 5.75. The van der Waals surface area contributed by atoms with Crippen molar-refractivity contribution < 1.29 is 5.11 Å². The molecule has 0 saturated carbocycles. The van der Waals surface area contributed by atoms with E-state index in [9.17, 15) is 0 Å². The minimum Gasteiger partial charge on any atom is -0.391 e. The van der Waals surface area contributed by atoms with E-state index in [1.54, 1.807) is 17.5 Å². The Hall–Kier alpha value is -0.610. The van der Waals surface area contributed by atoms with Crippen molar-refractivity contribution in [1.29, 1.82) is 0 Å². The summed E-state index contributed by atoms with van der Waals surface area (Å²) in [5.74, 6) is 0.682. The Morgan fingerprint density at radius 1 is 1.64 bits per heavy atom. The van der Waals surface area contributed by atoms with Gasteiger partial charge in [0.1, 0.15) is 0 Å². The Morgan fingerprint density at radius 3 is 2.86 bits per heavy atom. The number of aromatic nitrogens is 1. The van der Waals surface area contributed by atoms with Gasteiger partial charge in [0.25, 0.3) is 0 Å². The van der Waals surface area contributed by atoms with Gasteiger partial charge in [-0.2, -0.15) is 0 Å². The SMILES string of the molecule is CCC(C)CN(C)c1ncc(CO)s1. The lowest BCUT2D eigenvalue weighted by molar-refractivity contribution is 0.285. The van der Waals surface area contributed by atoms with Crippen molar-refractivity contribution in [2.45, 2.75) is 26.9 Å². The van der Waals surface area contributed by atoms with Crippen molar-refractivity contribution in [2.75, 3.05) is 18.5 Å². The van der Waals surface area contributed by atoms with E-state index in [0.717, 1.165) is 16.6 Å². The lowest BCUT2D eigenvalue weighted by atomic mass is 10.1. The number of hydrogen-bond donors (Lipinski definition) is 1. The summed E-state index contributed by atoms with van der Waals surface area (Å²) >= 11 is 1.56. The predicted octanol–water partition coefficient (Wildman–Crippen LogP) is 2.12. The van der Waals surface area contributed by atoms with Crippen molar-refractivity contribution in [3.8, 4) is 0 Å². The molecule has 1 rings (SSSR count). The number of nitrogens with zero attached hydrogens (tertiary/aromatic N) is 2. The van der Waals surface area contributed by atoms with E-state index in [-0.39, 0.29) is 6.61 Å². The third kappa shape index (κ3) is 2.96. The van der Waals surface area contributed by atoms with Crippen LogP contribution in [0.4, 0.5) is 5.13 Å². The van der Waals surface area contributed by atoms with E-state index < -0.39 is 0 Å². The third-order valence-corrected chi connectivity index (χ3v) is 3.40. The lowest BCUT2D eigenvalue weighted by Gasteiger charge is -2.19. The summed E-state index contributed by atoms with van der Waals surface area (Å²) in [6.07, 6.45) is 2.93. The smallest absolute Gasteiger partial charge is 0.185 e. The van der Waals surface area contributed by atoms with Crippen molar-refractivity contribution in [3.05, 3.63) is 11.1 Å². The van der Waals surface area contributed by atoms with E-state index in [1.807, 2.05) is 7.05 Å². The summed E-state index contributed by atoms with van der Waals surface area (Å²) in [5, 5.41) is 9.91. The Bertz CT molecular complexity index is 275. The fraction of sp³-hybridized carbons (Fsp3) is 0.700. The Morgan fingerprint density at radius 2 is 2.36 bits per heavy atom. The van der Waals surface area contributed by atoms with Crippen LogP contribution in [0.5, 0.6) is 0 Å². The highest BCUT2D eigenvalue weighted by molar-refractivity contribution is 7.15. The fourth-order valence-electron chi connectivity index (χ4n) is 1.22. The second kappa shape index (κ2) is 5.32. The molecule has 4 heteroatoms. The fourth-order valence-corrected chi connectivity index (χ4v) is 1.96. The predicted molar refractivity (Wildman–Crippen MR) is 60.8 cm³/mol. The minimum atomic E-state index is 0.0921. The Kier molecular flexibility index (Phi) is 4.35. The molecular weight excluding hydrogens is 196 g/mol. The summed E-state index contributed by atoms with van der Waals surface area (Å²) in [5.41, 5.74) is 0. The number of thiazole rings is 1. The molecule has 0 aromatic carbocycles. The maximum absolute atomic E-state index is 8.91. The molecule has 0 saturated heterocycles. The molecule has 0 bridgehead atoms. The Labute approximate surface area is 89.4 Å². The molecule has 14 heavy (non-hydrogen) atoms. The molecule has 0 aliphatic rings. The first-order chi connectivity index (χ1) is 6.67. The van der Waals surface area contributed by atoms with Crippen LogP contribution in [-0.4, -0.2) is 23.7 Å². The van der Waals surface area contributed by atoms with Crippen LogP contribution in [0.1, 0.15) is 25.1 Å². The van der Waals surface area contributed by atoms with E-state index in [1.165, 1.54) is 6.42 Å². The summed E-state index contributed by atoms with van der Waals surface area (Å²) in [7, 11) is 2.05. The van der Waals surface area contributed by atoms with Gasteiger partial charge in [0, 0.05) is 19.8 Å². The van der Waals surface area contributed by atoms with Crippen molar-refractivity contribution >= 4 is 16.5 Å². The van der Waals surface area contributed by atoms with Crippen LogP contribution in [-0.2, 0) is 6.61 Å². The minimum absolute atomic E-state index is 0.0921. The monoisotopic (exact) mass is 214 g/mol. The van der Waals surface area contributed by atoms with Gasteiger partial charge in [0.05, 0.1) is 11.5 Å². The molecule has 1 atom stereocenters. The van der Waals surface area contributed by atoms with Crippen molar-refractivity contribution in [1.82, 2.24) is 4.98 Å². The number of hydrogen-bond acceptors (Lipinski definition) is 4. The largest absolute Gasteiger partial charge is 0.391 e. The van der Waals surface area contributed by atoms with E-state index >= 15 is 0 Å². The highest BCUT2D eigenvalue weighted by atomic mass is 32.1.